The molecular formula is C13H20N4O3. The van der Waals surface area contributed by atoms with E-state index in [2.05, 4.69) is 15.5 Å². The Bertz CT molecular complexity index is 472. The van der Waals surface area contributed by atoms with Crippen molar-refractivity contribution in [2.24, 2.45) is 5.92 Å². The predicted molar refractivity (Wildman–Crippen MR) is 72.2 cm³/mol. The van der Waals surface area contributed by atoms with Crippen molar-refractivity contribution in [2.75, 3.05) is 25.6 Å². The summed E-state index contributed by atoms with van der Waals surface area (Å²) in [6.07, 6.45) is 3.35. The van der Waals surface area contributed by atoms with E-state index < -0.39 is 0 Å². The number of nitrogen functional groups attached to an aromatic ring is 1. The predicted octanol–water partition coefficient (Wildman–Crippen LogP) is 0.306. The van der Waals surface area contributed by atoms with Crippen molar-refractivity contribution in [2.45, 2.75) is 31.4 Å². The monoisotopic (exact) mass is 280 g/mol. The van der Waals surface area contributed by atoms with Gasteiger partial charge in [-0.2, -0.15) is 5.10 Å². The summed E-state index contributed by atoms with van der Waals surface area (Å²) in [7, 11) is 0. The smallest absolute Gasteiger partial charge is 0.269 e. The third-order valence-corrected chi connectivity index (χ3v) is 3.69. The van der Waals surface area contributed by atoms with Gasteiger partial charge in [0.1, 0.15) is 11.5 Å². The second kappa shape index (κ2) is 5.80. The molecule has 20 heavy (non-hydrogen) atoms. The molecule has 0 spiro atoms. The fourth-order valence-corrected chi connectivity index (χ4v) is 2.30. The summed E-state index contributed by atoms with van der Waals surface area (Å²) in [5, 5.41) is 9.28. The minimum atomic E-state index is -0.232. The van der Waals surface area contributed by atoms with Gasteiger partial charge in [0, 0.05) is 19.3 Å². The van der Waals surface area contributed by atoms with Gasteiger partial charge in [-0.25, -0.2) is 0 Å². The molecule has 0 aromatic carbocycles. The molecule has 0 unspecified atom stereocenters. The van der Waals surface area contributed by atoms with Crippen molar-refractivity contribution in [3.8, 4) is 0 Å². The number of amides is 1. The van der Waals surface area contributed by atoms with Crippen LogP contribution in [-0.2, 0) is 9.47 Å². The molecule has 2 atom stereocenters. The Hall–Kier alpha value is -1.60. The number of rotatable bonds is 5. The van der Waals surface area contributed by atoms with Crippen LogP contribution in [0.3, 0.4) is 0 Å². The van der Waals surface area contributed by atoms with Gasteiger partial charge in [0.2, 0.25) is 0 Å². The van der Waals surface area contributed by atoms with E-state index in [1.807, 2.05) is 0 Å². The van der Waals surface area contributed by atoms with Gasteiger partial charge < -0.3 is 20.5 Å². The largest absolute Gasteiger partial charge is 0.382 e. The minimum absolute atomic E-state index is 0.0218. The van der Waals surface area contributed by atoms with E-state index in [1.165, 1.54) is 18.9 Å². The fourth-order valence-electron chi connectivity index (χ4n) is 2.30. The number of nitrogens with two attached hydrogens (primary N) is 1. The van der Waals surface area contributed by atoms with Crippen LogP contribution in [0.15, 0.2) is 6.07 Å². The Labute approximate surface area is 117 Å². The number of hydrogen-bond acceptors (Lipinski definition) is 5. The topological polar surface area (TPSA) is 102 Å². The van der Waals surface area contributed by atoms with E-state index in [1.54, 1.807) is 0 Å². The number of carbonyl (C=O) groups excluding carboxylic acids is 1. The summed E-state index contributed by atoms with van der Waals surface area (Å²) in [5.41, 5.74) is 5.85. The fraction of sp³-hybridized carbons (Fsp3) is 0.692. The Morgan fingerprint density at radius 2 is 2.40 bits per heavy atom. The third kappa shape index (κ3) is 3.29. The molecule has 0 bridgehead atoms. The van der Waals surface area contributed by atoms with Gasteiger partial charge in [-0.05, 0) is 25.2 Å². The maximum absolute atomic E-state index is 12.1. The molecule has 7 nitrogen and oxygen atoms in total. The second-order valence-electron chi connectivity index (χ2n) is 5.47. The van der Waals surface area contributed by atoms with Gasteiger partial charge >= 0.3 is 0 Å². The molecule has 2 fully saturated rings. The zero-order valence-corrected chi connectivity index (χ0v) is 11.3. The number of hydrogen-bond donors (Lipinski definition) is 3. The van der Waals surface area contributed by atoms with E-state index >= 15 is 0 Å². The molecule has 4 N–H and O–H groups in total. The molecule has 1 aliphatic carbocycles. The molecule has 1 aliphatic heterocycles. The number of aromatic amines is 1. The second-order valence-corrected chi connectivity index (χ2v) is 5.47. The number of nitrogens with one attached hydrogen (secondary N) is 2. The molecule has 1 aromatic rings. The molecule has 1 saturated heterocycles. The molecule has 2 aliphatic rings. The average Bonchev–Trinajstić information content (AvgIpc) is 3.18. The zero-order chi connectivity index (χ0) is 13.9. The average molecular weight is 280 g/mol. The number of aromatic nitrogens is 2. The number of H-pyrrole nitrogens is 1. The standard InChI is InChI=1S/C13H20N4O3/c14-12-5-9(16-17-12)13(18)15-10-7-19-4-3-11(10)20-6-8-1-2-8/h5,8,10-11H,1-4,6-7H2,(H,15,18)(H3,14,16,17)/t10-,11+/m1/s1. The number of ether oxygens (including phenoxy) is 2. The Balaban J connectivity index is 1.56. The molecule has 1 aromatic heterocycles. The van der Waals surface area contributed by atoms with Crippen LogP contribution >= 0.6 is 0 Å². The van der Waals surface area contributed by atoms with Crippen LogP contribution in [0.5, 0.6) is 0 Å². The summed E-state index contributed by atoms with van der Waals surface area (Å²) in [5.74, 6) is 0.780. The van der Waals surface area contributed by atoms with Crippen LogP contribution < -0.4 is 11.1 Å². The highest BCUT2D eigenvalue weighted by molar-refractivity contribution is 5.93. The highest BCUT2D eigenvalue weighted by Gasteiger charge is 2.31. The lowest BCUT2D eigenvalue weighted by Crippen LogP contribution is -2.50. The molecule has 1 amide bonds. The lowest BCUT2D eigenvalue weighted by molar-refractivity contribution is -0.0567. The van der Waals surface area contributed by atoms with Gasteiger partial charge in [0.25, 0.3) is 5.91 Å². The Morgan fingerprint density at radius 3 is 3.10 bits per heavy atom. The number of anilines is 1. The van der Waals surface area contributed by atoms with Gasteiger partial charge in [0.15, 0.2) is 0 Å². The van der Waals surface area contributed by atoms with Gasteiger partial charge in [-0.3, -0.25) is 9.89 Å². The lowest BCUT2D eigenvalue weighted by atomic mass is 10.1. The zero-order valence-electron chi connectivity index (χ0n) is 11.3. The van der Waals surface area contributed by atoms with E-state index in [9.17, 15) is 4.79 Å². The van der Waals surface area contributed by atoms with E-state index in [0.29, 0.717) is 30.6 Å². The summed E-state index contributed by atoms with van der Waals surface area (Å²) >= 11 is 0. The van der Waals surface area contributed by atoms with Crippen molar-refractivity contribution in [3.63, 3.8) is 0 Å². The van der Waals surface area contributed by atoms with E-state index in [-0.39, 0.29) is 18.1 Å². The summed E-state index contributed by atoms with van der Waals surface area (Å²) < 4.78 is 11.3. The quantitative estimate of drug-likeness (QED) is 0.720. The highest BCUT2D eigenvalue weighted by Crippen LogP contribution is 2.30. The minimum Gasteiger partial charge on any atom is -0.382 e. The van der Waals surface area contributed by atoms with Crippen LogP contribution in [0.1, 0.15) is 29.8 Å². The first kappa shape index (κ1) is 13.4. The van der Waals surface area contributed by atoms with E-state index in [0.717, 1.165) is 13.0 Å². The highest BCUT2D eigenvalue weighted by atomic mass is 16.5. The van der Waals surface area contributed by atoms with Crippen molar-refractivity contribution in [1.29, 1.82) is 0 Å². The lowest BCUT2D eigenvalue weighted by Gasteiger charge is -2.32. The van der Waals surface area contributed by atoms with Crippen LogP contribution in [0.25, 0.3) is 0 Å². The molecule has 110 valence electrons. The van der Waals surface area contributed by atoms with Crippen LogP contribution in [-0.4, -0.2) is 48.1 Å². The molecule has 7 heteroatoms. The van der Waals surface area contributed by atoms with Gasteiger partial charge in [0.05, 0.1) is 18.8 Å². The van der Waals surface area contributed by atoms with Crippen molar-refractivity contribution >= 4 is 11.7 Å². The number of nitrogens with zero attached hydrogens (tertiary/aromatic N) is 1. The normalized spacial score (nSPS) is 26.4. The van der Waals surface area contributed by atoms with Crippen LogP contribution in [0.2, 0.25) is 0 Å². The first-order chi connectivity index (χ1) is 9.72. The van der Waals surface area contributed by atoms with Gasteiger partial charge in [-0.1, -0.05) is 0 Å². The van der Waals surface area contributed by atoms with Crippen molar-refractivity contribution in [1.82, 2.24) is 15.5 Å². The molecular weight excluding hydrogens is 260 g/mol. The summed E-state index contributed by atoms with van der Waals surface area (Å²) in [6, 6.07) is 1.39. The number of carbonyl (C=O) groups is 1. The molecule has 3 rings (SSSR count). The molecule has 2 heterocycles. The first-order valence-corrected chi connectivity index (χ1v) is 7.03. The van der Waals surface area contributed by atoms with Crippen LogP contribution in [0.4, 0.5) is 5.82 Å². The molecule has 1 saturated carbocycles. The van der Waals surface area contributed by atoms with Crippen molar-refractivity contribution in [3.05, 3.63) is 11.8 Å². The molecule has 0 radical (unpaired) electrons. The Kier molecular flexibility index (Phi) is 3.88. The summed E-state index contributed by atoms with van der Waals surface area (Å²) in [4.78, 5) is 12.1. The summed E-state index contributed by atoms with van der Waals surface area (Å²) in [6.45, 7) is 1.94. The maximum Gasteiger partial charge on any atom is 0.269 e. The van der Waals surface area contributed by atoms with Crippen molar-refractivity contribution < 1.29 is 14.3 Å². The SMILES string of the molecule is Nc1cc(C(=O)N[C@@H]2COCC[C@@H]2OCC2CC2)[nH]n1. The maximum atomic E-state index is 12.1. The van der Waals surface area contributed by atoms with Crippen LogP contribution in [0, 0.1) is 5.92 Å². The third-order valence-electron chi connectivity index (χ3n) is 3.69. The Morgan fingerprint density at radius 1 is 1.55 bits per heavy atom. The first-order valence-electron chi connectivity index (χ1n) is 7.03. The van der Waals surface area contributed by atoms with Gasteiger partial charge in [-0.15, -0.1) is 0 Å². The van der Waals surface area contributed by atoms with E-state index in [4.69, 9.17) is 15.2 Å².